The molecule has 14 nitrogen and oxygen atoms in total. The second-order valence-corrected chi connectivity index (χ2v) is 5.94. The third-order valence-corrected chi connectivity index (χ3v) is 2.82. The summed E-state index contributed by atoms with van der Waals surface area (Å²) in [7, 11) is 6.90. The normalized spacial score (nSPS) is 8.73. The minimum Gasteiger partial charge on any atom is -0.383 e. The molecule has 0 aliphatic heterocycles. The van der Waals surface area contributed by atoms with E-state index in [9.17, 15) is 19.2 Å². The molecule has 0 aromatic carbocycles. The Labute approximate surface area is 173 Å². The Hall–Kier alpha value is -4.10. The van der Waals surface area contributed by atoms with Crippen LogP contribution in [0.4, 0.5) is 23.5 Å². The molecule has 0 bridgehead atoms. The Balaban J connectivity index is 0. The van der Waals surface area contributed by atoms with Gasteiger partial charge in [0.05, 0.1) is 0 Å². The van der Waals surface area contributed by atoms with Gasteiger partial charge in [-0.25, -0.2) is 0 Å². The van der Waals surface area contributed by atoms with E-state index in [2.05, 4.69) is 19.9 Å². The summed E-state index contributed by atoms with van der Waals surface area (Å²) in [4.78, 5) is 55.7. The van der Waals surface area contributed by atoms with Gasteiger partial charge >= 0.3 is 0 Å². The van der Waals surface area contributed by atoms with Gasteiger partial charge < -0.3 is 32.7 Å². The van der Waals surface area contributed by atoms with Crippen molar-refractivity contribution in [2.75, 3.05) is 51.1 Å². The predicted octanol–water partition coefficient (Wildman–Crippen LogP) is -1.94. The highest BCUT2D eigenvalue weighted by Crippen LogP contribution is 1.90. The van der Waals surface area contributed by atoms with Gasteiger partial charge in [0.1, 0.15) is 11.6 Å². The Kier molecular flexibility index (Phi) is 13.1. The van der Waals surface area contributed by atoms with E-state index in [1.165, 1.54) is 23.6 Å². The number of nitrogens with two attached hydrogens (primary N) is 4. The molecule has 168 valence electrons. The monoisotopic (exact) mass is 426 g/mol. The van der Waals surface area contributed by atoms with Crippen molar-refractivity contribution in [1.29, 1.82) is 0 Å². The van der Waals surface area contributed by atoms with Crippen LogP contribution in [0.25, 0.3) is 0 Å². The van der Waals surface area contributed by atoms with Crippen LogP contribution < -0.4 is 34.1 Å². The SMILES string of the molecule is CC(=O)N(C)C.CC(=O)N(C)C.Nc1cc(=O)[nH]c(N)n1.Nc1cc(=O)[nH]c(N)n1. The van der Waals surface area contributed by atoms with Crippen molar-refractivity contribution in [3.63, 3.8) is 0 Å². The zero-order valence-electron chi connectivity index (χ0n) is 17.9. The molecule has 0 spiro atoms. The Bertz CT molecular complexity index is 799. The van der Waals surface area contributed by atoms with Crippen LogP contribution in [0.5, 0.6) is 0 Å². The van der Waals surface area contributed by atoms with Gasteiger partial charge in [-0.05, 0) is 0 Å². The lowest BCUT2D eigenvalue weighted by Crippen LogP contribution is -2.17. The molecule has 14 heteroatoms. The first kappa shape index (κ1) is 28.1. The molecule has 0 unspecified atom stereocenters. The van der Waals surface area contributed by atoms with Crippen molar-refractivity contribution in [3.8, 4) is 0 Å². The summed E-state index contributed by atoms with van der Waals surface area (Å²) in [5, 5.41) is 0. The lowest BCUT2D eigenvalue weighted by Gasteiger charge is -2.02. The fourth-order valence-corrected chi connectivity index (χ4v) is 0.992. The first-order chi connectivity index (χ1) is 13.6. The van der Waals surface area contributed by atoms with Crippen LogP contribution >= 0.6 is 0 Å². The summed E-state index contributed by atoms with van der Waals surface area (Å²) >= 11 is 0. The molecular weight excluding hydrogens is 396 g/mol. The van der Waals surface area contributed by atoms with E-state index >= 15 is 0 Å². The van der Waals surface area contributed by atoms with Crippen LogP contribution in [-0.4, -0.2) is 69.7 Å². The highest BCUT2D eigenvalue weighted by molar-refractivity contribution is 5.72. The quantitative estimate of drug-likeness (QED) is 0.272. The van der Waals surface area contributed by atoms with Crippen LogP contribution in [0.2, 0.25) is 0 Å². The number of aromatic nitrogens is 4. The molecule has 2 amide bonds. The maximum Gasteiger partial charge on any atom is 0.254 e. The Morgan fingerprint density at radius 1 is 0.733 bits per heavy atom. The van der Waals surface area contributed by atoms with Gasteiger partial charge in [-0.2, -0.15) is 9.97 Å². The number of carbonyl (C=O) groups is 2. The first-order valence-corrected chi connectivity index (χ1v) is 8.26. The molecule has 2 rings (SSSR count). The molecule has 30 heavy (non-hydrogen) atoms. The van der Waals surface area contributed by atoms with Gasteiger partial charge in [-0.1, -0.05) is 0 Å². The zero-order valence-corrected chi connectivity index (χ0v) is 17.9. The molecule has 2 aromatic rings. The molecule has 0 aliphatic rings. The van der Waals surface area contributed by atoms with Crippen LogP contribution in [-0.2, 0) is 9.59 Å². The number of H-pyrrole nitrogens is 2. The smallest absolute Gasteiger partial charge is 0.254 e. The average Bonchev–Trinajstić information content (AvgIpc) is 2.53. The van der Waals surface area contributed by atoms with Gasteiger partial charge in [-0.15, -0.1) is 0 Å². The maximum atomic E-state index is 10.5. The van der Waals surface area contributed by atoms with Crippen LogP contribution in [0, 0.1) is 0 Å². The largest absolute Gasteiger partial charge is 0.383 e. The minimum atomic E-state index is -0.333. The van der Waals surface area contributed by atoms with Crippen LogP contribution in [0.15, 0.2) is 21.7 Å². The molecule has 0 saturated heterocycles. The third-order valence-electron chi connectivity index (χ3n) is 2.82. The number of nitrogens with one attached hydrogen (secondary N) is 2. The fourth-order valence-electron chi connectivity index (χ4n) is 0.992. The predicted molar refractivity (Wildman–Crippen MR) is 116 cm³/mol. The van der Waals surface area contributed by atoms with E-state index < -0.39 is 0 Å². The molecular formula is C16H30N10O4. The van der Waals surface area contributed by atoms with Crippen molar-refractivity contribution >= 4 is 35.3 Å². The highest BCUT2D eigenvalue weighted by atomic mass is 16.2. The van der Waals surface area contributed by atoms with E-state index in [0.29, 0.717) is 0 Å². The van der Waals surface area contributed by atoms with Crippen molar-refractivity contribution in [3.05, 3.63) is 32.8 Å². The van der Waals surface area contributed by atoms with E-state index in [0.717, 1.165) is 12.1 Å². The topological polar surface area (TPSA) is 236 Å². The number of hydrogen-bond donors (Lipinski definition) is 6. The lowest BCUT2D eigenvalue weighted by atomic mass is 10.6. The van der Waals surface area contributed by atoms with Crippen molar-refractivity contribution in [2.24, 2.45) is 0 Å². The first-order valence-electron chi connectivity index (χ1n) is 8.26. The van der Waals surface area contributed by atoms with Gasteiger partial charge in [0.25, 0.3) is 11.1 Å². The lowest BCUT2D eigenvalue weighted by molar-refractivity contribution is -0.127. The standard InChI is InChI=1S/2C4H6N4O.2C4H9NO/c2*5-2-1-3(9)8-4(6)7-2;2*1-4(6)5(2)3/h2*1H,(H5,5,6,7,8,9);2*1-3H3. The van der Waals surface area contributed by atoms with Gasteiger partial charge in [-0.3, -0.25) is 29.1 Å². The molecule has 2 heterocycles. The fraction of sp³-hybridized carbons (Fsp3) is 0.375. The second-order valence-electron chi connectivity index (χ2n) is 5.94. The van der Waals surface area contributed by atoms with Crippen molar-refractivity contribution < 1.29 is 9.59 Å². The number of anilines is 4. The van der Waals surface area contributed by atoms with Gasteiger partial charge in [0.15, 0.2) is 0 Å². The maximum absolute atomic E-state index is 10.5. The van der Waals surface area contributed by atoms with Crippen LogP contribution in [0.1, 0.15) is 13.8 Å². The number of hydrogen-bond acceptors (Lipinski definition) is 10. The summed E-state index contributed by atoms with van der Waals surface area (Å²) in [6.45, 7) is 3.06. The number of carbonyl (C=O) groups excluding carboxylic acids is 2. The summed E-state index contributed by atoms with van der Waals surface area (Å²) < 4.78 is 0. The molecule has 0 atom stereocenters. The highest BCUT2D eigenvalue weighted by Gasteiger charge is 1.91. The van der Waals surface area contributed by atoms with E-state index in [-0.39, 0.29) is 46.5 Å². The van der Waals surface area contributed by atoms with E-state index in [1.54, 1.807) is 28.2 Å². The average molecular weight is 426 g/mol. The number of rotatable bonds is 0. The molecule has 0 aliphatic carbocycles. The Morgan fingerprint density at radius 3 is 1.10 bits per heavy atom. The van der Waals surface area contributed by atoms with Gasteiger partial charge in [0, 0.05) is 54.2 Å². The number of aromatic amines is 2. The second kappa shape index (κ2) is 14.0. The number of nitrogen functional groups attached to an aromatic ring is 4. The summed E-state index contributed by atoms with van der Waals surface area (Å²) in [5.74, 6) is 0.539. The third kappa shape index (κ3) is 16.1. The molecule has 0 fully saturated rings. The molecule has 0 radical (unpaired) electrons. The Morgan fingerprint density at radius 2 is 0.967 bits per heavy atom. The summed E-state index contributed by atoms with van der Waals surface area (Å²) in [6, 6.07) is 2.33. The van der Waals surface area contributed by atoms with E-state index in [4.69, 9.17) is 22.9 Å². The summed E-state index contributed by atoms with van der Waals surface area (Å²) in [5.41, 5.74) is 19.9. The van der Waals surface area contributed by atoms with E-state index in [1.807, 2.05) is 0 Å². The zero-order chi connectivity index (χ0) is 24.0. The molecule has 2 aromatic heterocycles. The van der Waals surface area contributed by atoms with Crippen LogP contribution in [0.3, 0.4) is 0 Å². The number of amides is 2. The summed E-state index contributed by atoms with van der Waals surface area (Å²) in [6.07, 6.45) is 0. The minimum absolute atomic E-state index is 0.0417. The molecule has 0 saturated carbocycles. The van der Waals surface area contributed by atoms with Crippen molar-refractivity contribution in [1.82, 2.24) is 29.7 Å². The van der Waals surface area contributed by atoms with Gasteiger partial charge in [0.2, 0.25) is 23.7 Å². The number of nitrogens with zero attached hydrogens (tertiary/aromatic N) is 4. The molecule has 10 N–H and O–H groups in total. The van der Waals surface area contributed by atoms with Crippen molar-refractivity contribution in [2.45, 2.75) is 13.8 Å².